The van der Waals surface area contributed by atoms with Gasteiger partial charge in [-0.2, -0.15) is 0 Å². The van der Waals surface area contributed by atoms with Crippen LogP contribution in [0.15, 0.2) is 23.7 Å². The summed E-state index contributed by atoms with van der Waals surface area (Å²) in [6.45, 7) is 5.60. The summed E-state index contributed by atoms with van der Waals surface area (Å²) in [6, 6.07) is 0. The van der Waals surface area contributed by atoms with Crippen LogP contribution in [0.1, 0.15) is 13.8 Å². The van der Waals surface area contributed by atoms with Crippen molar-refractivity contribution in [2.24, 2.45) is 5.73 Å². The molecule has 1 rings (SSSR count). The first-order valence-electron chi connectivity index (χ1n) is 5.07. The summed E-state index contributed by atoms with van der Waals surface area (Å²) in [7, 11) is 1.95. The first kappa shape index (κ1) is 12.2. The molecule has 0 radical (unpaired) electrons. The highest BCUT2D eigenvalue weighted by Gasteiger charge is 2.24. The van der Waals surface area contributed by atoms with Crippen LogP contribution in [0.25, 0.3) is 0 Å². The van der Waals surface area contributed by atoms with Crippen LogP contribution >= 0.6 is 11.6 Å². The third-order valence-electron chi connectivity index (χ3n) is 2.35. The van der Waals surface area contributed by atoms with Gasteiger partial charge in [-0.1, -0.05) is 11.6 Å². The molecule has 1 aliphatic heterocycles. The summed E-state index contributed by atoms with van der Waals surface area (Å²) >= 11 is 6.07. The standard InChI is InChI=1S/C10H19ClN4/c1-4-13-6-9(12)7-15-8(2)5-10(11)14(15)3/h5-6,10,13H,4,7,12H2,1-3H3/b9-6-. The maximum atomic E-state index is 6.07. The molecule has 86 valence electrons. The molecule has 0 amide bonds. The minimum Gasteiger partial charge on any atom is -0.399 e. The lowest BCUT2D eigenvalue weighted by molar-refractivity contribution is 0.0685. The number of hydrogen-bond donors (Lipinski definition) is 2. The number of alkyl halides is 1. The van der Waals surface area contributed by atoms with E-state index in [9.17, 15) is 0 Å². The van der Waals surface area contributed by atoms with Crippen LogP contribution in [0, 0.1) is 0 Å². The van der Waals surface area contributed by atoms with E-state index >= 15 is 0 Å². The first-order valence-corrected chi connectivity index (χ1v) is 5.50. The van der Waals surface area contributed by atoms with Gasteiger partial charge in [0.05, 0.1) is 6.54 Å². The van der Waals surface area contributed by atoms with E-state index in [-0.39, 0.29) is 5.50 Å². The van der Waals surface area contributed by atoms with Gasteiger partial charge in [-0.25, -0.2) is 5.01 Å². The third kappa shape index (κ3) is 3.04. The largest absolute Gasteiger partial charge is 0.399 e. The van der Waals surface area contributed by atoms with Crippen LogP contribution in [0.5, 0.6) is 0 Å². The smallest absolute Gasteiger partial charge is 0.123 e. The molecule has 0 aliphatic carbocycles. The third-order valence-corrected chi connectivity index (χ3v) is 2.76. The van der Waals surface area contributed by atoms with Crippen molar-refractivity contribution in [2.75, 3.05) is 20.1 Å². The fourth-order valence-electron chi connectivity index (χ4n) is 1.46. The van der Waals surface area contributed by atoms with E-state index in [4.69, 9.17) is 17.3 Å². The Hall–Kier alpha value is -0.870. The Morgan fingerprint density at radius 3 is 2.87 bits per heavy atom. The number of halogens is 1. The summed E-state index contributed by atoms with van der Waals surface area (Å²) in [5.74, 6) is 0. The van der Waals surface area contributed by atoms with Crippen LogP contribution in [0.4, 0.5) is 0 Å². The average Bonchev–Trinajstić information content (AvgIpc) is 2.42. The maximum absolute atomic E-state index is 6.07. The molecule has 3 N–H and O–H groups in total. The lowest BCUT2D eigenvalue weighted by atomic mass is 10.4. The number of nitrogens with one attached hydrogen (secondary N) is 1. The number of hydrazine groups is 1. The van der Waals surface area contributed by atoms with Gasteiger partial charge in [0.25, 0.3) is 0 Å². The Bertz CT molecular complexity index is 275. The van der Waals surface area contributed by atoms with Crippen molar-refractivity contribution in [1.29, 1.82) is 0 Å². The molecule has 5 heteroatoms. The van der Waals surface area contributed by atoms with Crippen LogP contribution in [-0.2, 0) is 0 Å². The highest BCUT2D eigenvalue weighted by molar-refractivity contribution is 6.21. The Labute approximate surface area is 96.3 Å². The van der Waals surface area contributed by atoms with Crippen molar-refractivity contribution < 1.29 is 0 Å². The molecule has 0 aromatic carbocycles. The van der Waals surface area contributed by atoms with Crippen molar-refractivity contribution in [1.82, 2.24) is 15.3 Å². The normalized spacial score (nSPS) is 23.2. The van der Waals surface area contributed by atoms with Crippen molar-refractivity contribution in [3.63, 3.8) is 0 Å². The molecule has 1 atom stereocenters. The number of nitrogens with two attached hydrogens (primary N) is 1. The Balaban J connectivity index is 2.55. The van der Waals surface area contributed by atoms with Gasteiger partial charge >= 0.3 is 0 Å². The highest BCUT2D eigenvalue weighted by Crippen LogP contribution is 2.22. The molecule has 1 unspecified atom stereocenters. The molecule has 0 bridgehead atoms. The zero-order valence-electron chi connectivity index (χ0n) is 9.50. The van der Waals surface area contributed by atoms with Gasteiger partial charge in [0.2, 0.25) is 0 Å². The molecule has 0 aromatic rings. The predicted octanol–water partition coefficient (Wildman–Crippen LogP) is 1.03. The molecule has 0 aromatic heterocycles. The molecule has 15 heavy (non-hydrogen) atoms. The average molecular weight is 231 g/mol. The quantitative estimate of drug-likeness (QED) is 0.559. The van der Waals surface area contributed by atoms with Crippen molar-refractivity contribution in [3.8, 4) is 0 Å². The topological polar surface area (TPSA) is 44.5 Å². The SMILES string of the molecule is CCN/C=C(\N)CN1C(C)=CC(Cl)N1C. The molecular weight excluding hydrogens is 212 g/mol. The van der Waals surface area contributed by atoms with Crippen LogP contribution in [-0.4, -0.2) is 35.7 Å². The van der Waals surface area contributed by atoms with Gasteiger partial charge in [0, 0.05) is 31.2 Å². The van der Waals surface area contributed by atoms with Crippen molar-refractivity contribution >= 4 is 11.6 Å². The van der Waals surface area contributed by atoms with Crippen LogP contribution in [0.2, 0.25) is 0 Å². The lowest BCUT2D eigenvalue weighted by Crippen LogP contribution is -2.39. The first-order chi connectivity index (χ1) is 7.06. The molecule has 0 fully saturated rings. The van der Waals surface area contributed by atoms with E-state index < -0.39 is 0 Å². The minimum atomic E-state index is -0.0723. The Kier molecular flexibility index (Phi) is 4.29. The van der Waals surface area contributed by atoms with Gasteiger partial charge in [-0.05, 0) is 19.9 Å². The number of likely N-dealkylation sites (N-methyl/N-ethyl adjacent to an activating group) is 1. The summed E-state index contributed by atoms with van der Waals surface area (Å²) in [5.41, 5.74) is 7.72. The predicted molar refractivity (Wildman–Crippen MR) is 63.8 cm³/mol. The Morgan fingerprint density at radius 1 is 1.73 bits per heavy atom. The van der Waals surface area contributed by atoms with E-state index in [1.807, 2.05) is 38.2 Å². The second kappa shape index (κ2) is 5.28. The molecule has 1 aliphatic rings. The zero-order chi connectivity index (χ0) is 11.4. The zero-order valence-corrected chi connectivity index (χ0v) is 10.3. The van der Waals surface area contributed by atoms with Gasteiger partial charge in [0.15, 0.2) is 0 Å². The van der Waals surface area contributed by atoms with Crippen LogP contribution < -0.4 is 11.1 Å². The second-order valence-corrected chi connectivity index (χ2v) is 4.04. The van der Waals surface area contributed by atoms with E-state index in [1.54, 1.807) is 0 Å². The van der Waals surface area contributed by atoms with Gasteiger partial charge in [-0.15, -0.1) is 0 Å². The van der Waals surface area contributed by atoms with E-state index in [0.29, 0.717) is 6.54 Å². The highest BCUT2D eigenvalue weighted by atomic mass is 35.5. The summed E-state index contributed by atoms with van der Waals surface area (Å²) in [5, 5.41) is 7.10. The fourth-order valence-corrected chi connectivity index (χ4v) is 1.75. The molecular formula is C10H19ClN4. The fraction of sp³-hybridized carbons (Fsp3) is 0.600. The van der Waals surface area contributed by atoms with Gasteiger partial charge < -0.3 is 16.1 Å². The number of nitrogens with zero attached hydrogens (tertiary/aromatic N) is 2. The molecule has 1 heterocycles. The molecule has 0 saturated carbocycles. The molecule has 0 saturated heterocycles. The number of rotatable bonds is 4. The van der Waals surface area contributed by atoms with Crippen molar-refractivity contribution in [3.05, 3.63) is 23.7 Å². The number of allylic oxidation sites excluding steroid dienone is 1. The van der Waals surface area contributed by atoms with Crippen LogP contribution in [0.3, 0.4) is 0 Å². The monoisotopic (exact) mass is 230 g/mol. The summed E-state index contributed by atoms with van der Waals surface area (Å²) in [4.78, 5) is 0. The summed E-state index contributed by atoms with van der Waals surface area (Å²) in [6.07, 6.45) is 3.84. The Morgan fingerprint density at radius 2 is 2.40 bits per heavy atom. The van der Waals surface area contributed by atoms with Crippen molar-refractivity contribution in [2.45, 2.75) is 19.3 Å². The van der Waals surface area contributed by atoms with E-state index in [1.165, 1.54) is 0 Å². The molecule has 4 nitrogen and oxygen atoms in total. The van der Waals surface area contributed by atoms with E-state index in [0.717, 1.165) is 17.9 Å². The second-order valence-electron chi connectivity index (χ2n) is 3.59. The number of hydrogen-bond acceptors (Lipinski definition) is 4. The lowest BCUT2D eigenvalue weighted by Gasteiger charge is -2.29. The minimum absolute atomic E-state index is 0.0723. The maximum Gasteiger partial charge on any atom is 0.123 e. The summed E-state index contributed by atoms with van der Waals surface area (Å²) < 4.78 is 0. The van der Waals surface area contributed by atoms with Gasteiger partial charge in [-0.3, -0.25) is 0 Å². The van der Waals surface area contributed by atoms with Gasteiger partial charge in [0.1, 0.15) is 5.50 Å². The molecule has 0 spiro atoms. The van der Waals surface area contributed by atoms with E-state index in [2.05, 4.69) is 10.3 Å².